The summed E-state index contributed by atoms with van der Waals surface area (Å²) in [5, 5.41) is 12.9. The third kappa shape index (κ3) is 3.88. The lowest BCUT2D eigenvalue weighted by atomic mass is 9.79. The fourth-order valence-electron chi connectivity index (χ4n) is 2.83. The van der Waals surface area contributed by atoms with Crippen molar-refractivity contribution in [3.63, 3.8) is 0 Å². The van der Waals surface area contributed by atoms with E-state index in [1.54, 1.807) is 12.1 Å². The predicted octanol–water partition coefficient (Wildman–Crippen LogP) is 2.74. The van der Waals surface area contributed by atoms with Gasteiger partial charge in [-0.2, -0.15) is 0 Å². The number of rotatable bonds is 5. The van der Waals surface area contributed by atoms with Gasteiger partial charge in [-0.3, -0.25) is 9.59 Å². The van der Waals surface area contributed by atoms with Crippen LogP contribution in [0.25, 0.3) is 0 Å². The highest BCUT2D eigenvalue weighted by Gasteiger charge is 2.30. The van der Waals surface area contributed by atoms with Crippen molar-refractivity contribution in [1.82, 2.24) is 0 Å². The van der Waals surface area contributed by atoms with Crippen LogP contribution < -0.4 is 11.1 Å². The van der Waals surface area contributed by atoms with Crippen molar-refractivity contribution in [2.45, 2.75) is 25.7 Å². The Labute approximate surface area is 128 Å². The van der Waals surface area contributed by atoms with E-state index >= 15 is 0 Å². The fourth-order valence-corrected chi connectivity index (χ4v) is 3.08. The zero-order chi connectivity index (χ0) is 15.4. The number of carboxylic acids is 1. The molecule has 1 aromatic rings. The maximum Gasteiger partial charge on any atom is 0.306 e. The van der Waals surface area contributed by atoms with E-state index in [0.29, 0.717) is 22.8 Å². The van der Waals surface area contributed by atoms with Gasteiger partial charge in [0.2, 0.25) is 5.91 Å². The smallest absolute Gasteiger partial charge is 0.306 e. The number of hydrogen-bond acceptors (Lipinski definition) is 3. The molecule has 114 valence electrons. The van der Waals surface area contributed by atoms with E-state index in [4.69, 9.17) is 17.3 Å². The van der Waals surface area contributed by atoms with Crippen LogP contribution >= 0.6 is 11.6 Å². The average molecular weight is 311 g/mol. The first-order valence-electron chi connectivity index (χ1n) is 7.05. The second-order valence-electron chi connectivity index (χ2n) is 5.43. The molecule has 4 N–H and O–H groups in total. The van der Waals surface area contributed by atoms with E-state index < -0.39 is 11.9 Å². The molecular formula is C15H19ClN2O3. The summed E-state index contributed by atoms with van der Waals surface area (Å²) in [6, 6.07) is 4.81. The molecular weight excluding hydrogens is 292 g/mol. The molecule has 0 aromatic heterocycles. The van der Waals surface area contributed by atoms with Gasteiger partial charge in [0.25, 0.3) is 0 Å². The Hall–Kier alpha value is -1.75. The molecule has 1 aliphatic rings. The lowest BCUT2D eigenvalue weighted by Crippen LogP contribution is -2.31. The highest BCUT2D eigenvalue weighted by molar-refractivity contribution is 6.33. The Morgan fingerprint density at radius 3 is 2.67 bits per heavy atom. The first-order valence-corrected chi connectivity index (χ1v) is 7.43. The van der Waals surface area contributed by atoms with Crippen LogP contribution in [0.15, 0.2) is 18.2 Å². The number of carbonyl (C=O) groups excluding carboxylic acids is 1. The van der Waals surface area contributed by atoms with E-state index in [1.807, 2.05) is 0 Å². The number of nitrogens with two attached hydrogens (primary N) is 1. The molecule has 1 amide bonds. The number of hydrogen-bond donors (Lipinski definition) is 3. The molecule has 0 radical (unpaired) electrons. The first-order chi connectivity index (χ1) is 9.99. The monoisotopic (exact) mass is 310 g/mol. The lowest BCUT2D eigenvalue weighted by Gasteiger charge is -2.29. The van der Waals surface area contributed by atoms with Crippen LogP contribution in [-0.2, 0) is 4.79 Å². The van der Waals surface area contributed by atoms with Gasteiger partial charge in [0, 0.05) is 12.1 Å². The second kappa shape index (κ2) is 6.80. The van der Waals surface area contributed by atoms with Crippen molar-refractivity contribution in [3.05, 3.63) is 28.8 Å². The number of primary amides is 1. The van der Waals surface area contributed by atoms with Gasteiger partial charge in [0.05, 0.1) is 16.6 Å². The minimum atomic E-state index is -0.725. The molecule has 0 heterocycles. The number of halogens is 1. The van der Waals surface area contributed by atoms with Crippen LogP contribution in [0.5, 0.6) is 0 Å². The van der Waals surface area contributed by atoms with Crippen LogP contribution in [0, 0.1) is 11.8 Å². The predicted molar refractivity (Wildman–Crippen MR) is 81.5 cm³/mol. The molecule has 1 aromatic carbocycles. The molecule has 1 fully saturated rings. The van der Waals surface area contributed by atoms with E-state index in [0.717, 1.165) is 25.7 Å². The lowest BCUT2D eigenvalue weighted by molar-refractivity contribution is -0.144. The third-order valence-electron chi connectivity index (χ3n) is 4.03. The van der Waals surface area contributed by atoms with E-state index in [1.165, 1.54) is 6.07 Å². The van der Waals surface area contributed by atoms with Crippen molar-refractivity contribution < 1.29 is 14.7 Å². The van der Waals surface area contributed by atoms with Gasteiger partial charge in [-0.25, -0.2) is 0 Å². The molecule has 0 bridgehead atoms. The number of benzene rings is 1. The zero-order valence-corrected chi connectivity index (χ0v) is 12.4. The molecule has 2 unspecified atom stereocenters. The maximum atomic E-state index is 11.3. The SMILES string of the molecule is NC(=O)c1ccc(NCC2CCCCC2C(=O)O)c(Cl)c1. The summed E-state index contributed by atoms with van der Waals surface area (Å²) in [5.41, 5.74) is 6.24. The van der Waals surface area contributed by atoms with Crippen molar-refractivity contribution in [2.24, 2.45) is 17.6 Å². The van der Waals surface area contributed by atoms with Crippen LogP contribution in [0.2, 0.25) is 5.02 Å². The normalized spacial score (nSPS) is 21.8. The molecule has 6 heteroatoms. The summed E-state index contributed by atoms with van der Waals surface area (Å²) in [4.78, 5) is 22.3. The molecule has 21 heavy (non-hydrogen) atoms. The highest BCUT2D eigenvalue weighted by atomic mass is 35.5. The number of carboxylic acid groups (broad SMARTS) is 1. The van der Waals surface area contributed by atoms with Gasteiger partial charge in [-0.15, -0.1) is 0 Å². The van der Waals surface area contributed by atoms with E-state index in [2.05, 4.69) is 5.32 Å². The summed E-state index contributed by atoms with van der Waals surface area (Å²) in [7, 11) is 0. The quantitative estimate of drug-likeness (QED) is 0.779. The van der Waals surface area contributed by atoms with Crippen molar-refractivity contribution in [1.29, 1.82) is 0 Å². The standard InChI is InChI=1S/C15H19ClN2O3/c16-12-7-9(14(17)19)5-6-13(12)18-8-10-3-1-2-4-11(10)15(20)21/h5-7,10-11,18H,1-4,8H2,(H2,17,19)(H,20,21). The van der Waals surface area contributed by atoms with Crippen molar-refractivity contribution in [2.75, 3.05) is 11.9 Å². The van der Waals surface area contributed by atoms with Gasteiger partial charge >= 0.3 is 5.97 Å². The van der Waals surface area contributed by atoms with Crippen molar-refractivity contribution >= 4 is 29.2 Å². The van der Waals surface area contributed by atoms with Gasteiger partial charge in [0.15, 0.2) is 0 Å². The van der Waals surface area contributed by atoms with Crippen LogP contribution in [0.1, 0.15) is 36.0 Å². The van der Waals surface area contributed by atoms with Gasteiger partial charge < -0.3 is 16.2 Å². The molecule has 0 spiro atoms. The summed E-state index contributed by atoms with van der Waals surface area (Å²) < 4.78 is 0. The summed E-state index contributed by atoms with van der Waals surface area (Å²) in [6.45, 7) is 0.562. The minimum absolute atomic E-state index is 0.100. The van der Waals surface area contributed by atoms with Crippen molar-refractivity contribution in [3.8, 4) is 0 Å². The van der Waals surface area contributed by atoms with Gasteiger partial charge in [0.1, 0.15) is 0 Å². The largest absolute Gasteiger partial charge is 0.481 e. The minimum Gasteiger partial charge on any atom is -0.481 e. The second-order valence-corrected chi connectivity index (χ2v) is 5.84. The number of anilines is 1. The van der Waals surface area contributed by atoms with Crippen LogP contribution in [0.3, 0.4) is 0 Å². The molecule has 1 saturated carbocycles. The molecule has 1 aliphatic carbocycles. The van der Waals surface area contributed by atoms with Crippen LogP contribution in [-0.4, -0.2) is 23.5 Å². The first kappa shape index (κ1) is 15.6. The third-order valence-corrected chi connectivity index (χ3v) is 4.35. The zero-order valence-electron chi connectivity index (χ0n) is 11.6. The number of amides is 1. The maximum absolute atomic E-state index is 11.3. The van der Waals surface area contributed by atoms with Gasteiger partial charge in [-0.05, 0) is 37.0 Å². The van der Waals surface area contributed by atoms with Crippen LogP contribution in [0.4, 0.5) is 5.69 Å². The molecule has 5 nitrogen and oxygen atoms in total. The van der Waals surface area contributed by atoms with E-state index in [-0.39, 0.29) is 11.8 Å². The summed E-state index contributed by atoms with van der Waals surface area (Å²) >= 11 is 6.10. The number of aliphatic carboxylic acids is 1. The highest BCUT2D eigenvalue weighted by Crippen LogP contribution is 2.31. The fraction of sp³-hybridized carbons (Fsp3) is 0.467. The Morgan fingerprint density at radius 2 is 2.05 bits per heavy atom. The summed E-state index contributed by atoms with van der Waals surface area (Å²) in [5.74, 6) is -1.45. The average Bonchev–Trinajstić information content (AvgIpc) is 2.46. The Morgan fingerprint density at radius 1 is 1.33 bits per heavy atom. The van der Waals surface area contributed by atoms with Gasteiger partial charge in [-0.1, -0.05) is 24.4 Å². The molecule has 2 atom stereocenters. The molecule has 2 rings (SSSR count). The number of carbonyl (C=O) groups is 2. The molecule has 0 saturated heterocycles. The molecule has 0 aliphatic heterocycles. The van der Waals surface area contributed by atoms with E-state index in [9.17, 15) is 14.7 Å². The topological polar surface area (TPSA) is 92.4 Å². The number of nitrogens with one attached hydrogen (secondary N) is 1. The Kier molecular flexibility index (Phi) is 5.07. The Bertz CT molecular complexity index is 548. The summed E-state index contributed by atoms with van der Waals surface area (Å²) in [6.07, 6.45) is 3.67. The Balaban J connectivity index is 2.02.